The zero-order chi connectivity index (χ0) is 7.44. The molecule has 0 bridgehead atoms. The molecule has 0 saturated carbocycles. The van der Waals surface area contributed by atoms with Crippen molar-refractivity contribution in [1.82, 2.24) is 0 Å². The first kappa shape index (κ1) is 12.2. The highest BCUT2D eigenvalue weighted by Crippen LogP contribution is 2.01. The molecule has 0 aliphatic carbocycles. The third-order valence-corrected chi connectivity index (χ3v) is 1.04. The zero-order valence-electron chi connectivity index (χ0n) is 5.79. The van der Waals surface area contributed by atoms with Crippen molar-refractivity contribution < 1.29 is 9.90 Å². The van der Waals surface area contributed by atoms with Crippen LogP contribution < -0.4 is 5.73 Å². The highest BCUT2D eigenvalue weighted by molar-refractivity contribution is 5.75. The van der Waals surface area contributed by atoms with E-state index in [-0.39, 0.29) is 8.41 Å². The van der Waals surface area contributed by atoms with Crippen molar-refractivity contribution in [3.8, 4) is 0 Å². The van der Waals surface area contributed by atoms with Gasteiger partial charge in [0.2, 0.25) is 0 Å². The van der Waals surface area contributed by atoms with Gasteiger partial charge in [-0.15, -0.1) is 0 Å². The van der Waals surface area contributed by atoms with E-state index in [0.29, 0.717) is 12.3 Å². The lowest BCUT2D eigenvalue weighted by Gasteiger charge is -2.07. The molecule has 0 spiro atoms. The summed E-state index contributed by atoms with van der Waals surface area (Å²) in [7, 11) is 0. The van der Waals surface area contributed by atoms with Gasteiger partial charge in [-0.2, -0.15) is 0 Å². The van der Waals surface area contributed by atoms with Gasteiger partial charge in [0.05, 0.1) is 8.41 Å². The monoisotopic (exact) mass is 145 g/mol. The predicted octanol–water partition coefficient (Wildman–Crippen LogP) is -0.739. The molecule has 0 radical (unpaired) electrons. The quantitative estimate of drug-likeness (QED) is 0.514. The van der Waals surface area contributed by atoms with E-state index < -0.39 is 12.0 Å². The third-order valence-electron chi connectivity index (χ3n) is 1.04. The van der Waals surface area contributed by atoms with E-state index in [2.05, 4.69) is 0 Å². The highest BCUT2D eigenvalue weighted by Gasteiger charge is 2.11. The van der Waals surface area contributed by atoms with Gasteiger partial charge in [0, 0.05) is 0 Å². The van der Waals surface area contributed by atoms with Crippen molar-refractivity contribution in [1.29, 1.82) is 0 Å². The van der Waals surface area contributed by atoms with Gasteiger partial charge >= 0.3 is 5.97 Å². The summed E-state index contributed by atoms with van der Waals surface area (Å²) in [5.41, 5.74) is 5.22. The molecule has 0 aliphatic rings. The molecule has 0 aromatic heterocycles. The summed E-state index contributed by atoms with van der Waals surface area (Å²) in [6.07, 6.45) is 0.551. The Labute approximate surface area is 63.2 Å². The second kappa shape index (κ2) is 5.29. The molecule has 0 aliphatic heterocycles. The van der Waals surface area contributed by atoms with Gasteiger partial charge in [-0.3, -0.25) is 4.79 Å². The Balaban J connectivity index is 0. The lowest BCUT2D eigenvalue weighted by molar-refractivity contribution is -0.138. The first-order chi connectivity index (χ1) is 4.04. The summed E-state index contributed by atoms with van der Waals surface area (Å²) in [5.74, 6) is -0.556. The Bertz CT molecular complexity index is 106. The van der Waals surface area contributed by atoms with Gasteiger partial charge in [-0.25, -0.2) is 0 Å². The van der Waals surface area contributed by atoms with Gasteiger partial charge in [0.25, 0.3) is 0 Å². The second-order valence-corrected chi connectivity index (χ2v) is 2.57. The van der Waals surface area contributed by atoms with Crippen LogP contribution in [-0.4, -0.2) is 25.5 Å². The minimum Gasteiger partial charge on any atom is -0.480 e. The maximum atomic E-state index is 10.1. The highest BCUT2D eigenvalue weighted by atomic mass is 16.4. The van der Waals surface area contributed by atoms with Crippen molar-refractivity contribution in [2.24, 2.45) is 11.7 Å². The number of hydrogen-bond acceptors (Lipinski definition) is 2. The molecule has 0 aromatic rings. The van der Waals surface area contributed by atoms with Gasteiger partial charge in [0.15, 0.2) is 0 Å². The summed E-state index contributed by atoms with van der Waals surface area (Å²) in [6.45, 7) is 3.89. The molecule has 0 aromatic carbocycles. The first-order valence-electron chi connectivity index (χ1n) is 3.02. The lowest BCUT2D eigenvalue weighted by Crippen LogP contribution is -2.31. The molecule has 4 heteroatoms. The van der Waals surface area contributed by atoms with Crippen LogP contribution in [-0.2, 0) is 4.79 Å². The van der Waals surface area contributed by atoms with Gasteiger partial charge in [0.1, 0.15) is 6.04 Å². The average molecular weight is 145 g/mol. The molecule has 0 fully saturated rings. The maximum Gasteiger partial charge on any atom is 0.320 e. The summed E-state index contributed by atoms with van der Waals surface area (Å²) in [4.78, 5) is 10.1. The normalized spacial score (nSPS) is 12.4. The summed E-state index contributed by atoms with van der Waals surface area (Å²) >= 11 is 0. The molecular formula is C6H16BNO2. The Morgan fingerprint density at radius 3 is 2.10 bits per heavy atom. The van der Waals surface area contributed by atoms with Gasteiger partial charge in [-0.1, -0.05) is 13.8 Å². The van der Waals surface area contributed by atoms with E-state index in [4.69, 9.17) is 10.8 Å². The molecule has 0 amide bonds. The number of carbonyl (C=O) groups is 1. The van der Waals surface area contributed by atoms with E-state index in [0.717, 1.165) is 0 Å². The molecule has 3 N–H and O–H groups in total. The van der Waals surface area contributed by atoms with E-state index in [1.54, 1.807) is 0 Å². The van der Waals surface area contributed by atoms with Crippen LogP contribution in [0.25, 0.3) is 0 Å². The van der Waals surface area contributed by atoms with Crippen LogP contribution in [0.15, 0.2) is 0 Å². The second-order valence-electron chi connectivity index (χ2n) is 2.57. The Morgan fingerprint density at radius 1 is 1.60 bits per heavy atom. The van der Waals surface area contributed by atoms with Crippen LogP contribution in [0.3, 0.4) is 0 Å². The largest absolute Gasteiger partial charge is 0.480 e. The van der Waals surface area contributed by atoms with Crippen LogP contribution in [0, 0.1) is 5.92 Å². The molecular weight excluding hydrogens is 129 g/mol. The van der Waals surface area contributed by atoms with Crippen LogP contribution in [0.4, 0.5) is 0 Å². The number of hydrogen-bond donors (Lipinski definition) is 2. The molecule has 1 unspecified atom stereocenters. The average Bonchev–Trinajstić information content (AvgIpc) is 1.63. The van der Waals surface area contributed by atoms with Crippen LogP contribution in [0.2, 0.25) is 0 Å². The summed E-state index contributed by atoms with van der Waals surface area (Å²) < 4.78 is 0. The van der Waals surface area contributed by atoms with Crippen LogP contribution in [0.5, 0.6) is 0 Å². The fraction of sp³-hybridized carbons (Fsp3) is 0.833. The molecule has 60 valence electrons. The number of rotatable bonds is 3. The number of nitrogens with two attached hydrogens (primary N) is 1. The van der Waals surface area contributed by atoms with E-state index in [1.807, 2.05) is 13.8 Å². The van der Waals surface area contributed by atoms with Gasteiger partial charge in [-0.05, 0) is 12.3 Å². The Kier molecular flexibility index (Phi) is 6.46. The minimum atomic E-state index is -0.913. The standard InChI is InChI=1S/C6H13NO2.BH3/c1-4(2)3-5(7)6(8)9;/h4-5H,3,7H2,1-2H3,(H,8,9);1H3. The van der Waals surface area contributed by atoms with Crippen molar-refractivity contribution in [2.45, 2.75) is 26.3 Å². The van der Waals surface area contributed by atoms with E-state index in [1.165, 1.54) is 0 Å². The SMILES string of the molecule is B.CC(C)CC(N)C(=O)O. The Hall–Kier alpha value is -0.505. The fourth-order valence-electron chi connectivity index (χ4n) is 0.609. The van der Waals surface area contributed by atoms with Crippen molar-refractivity contribution in [3.63, 3.8) is 0 Å². The molecule has 0 heterocycles. The zero-order valence-corrected chi connectivity index (χ0v) is 5.79. The van der Waals surface area contributed by atoms with Crippen LogP contribution >= 0.6 is 0 Å². The Morgan fingerprint density at radius 2 is 2.00 bits per heavy atom. The first-order valence-corrected chi connectivity index (χ1v) is 3.02. The number of carboxylic acid groups (broad SMARTS) is 1. The molecule has 1 atom stereocenters. The summed E-state index contributed by atoms with van der Waals surface area (Å²) in [5, 5.41) is 8.31. The molecule has 0 saturated heterocycles. The van der Waals surface area contributed by atoms with E-state index in [9.17, 15) is 4.79 Å². The van der Waals surface area contributed by atoms with Crippen molar-refractivity contribution >= 4 is 14.4 Å². The predicted molar refractivity (Wildman–Crippen MR) is 45.0 cm³/mol. The number of aliphatic carboxylic acids is 1. The van der Waals surface area contributed by atoms with Crippen LogP contribution in [0.1, 0.15) is 20.3 Å². The molecule has 0 rings (SSSR count). The molecule has 10 heavy (non-hydrogen) atoms. The molecule has 3 nitrogen and oxygen atoms in total. The summed E-state index contributed by atoms with van der Waals surface area (Å²) in [6, 6.07) is -0.690. The minimum absolute atomic E-state index is 0. The lowest BCUT2D eigenvalue weighted by atomic mass is 10.1. The number of carboxylic acids is 1. The smallest absolute Gasteiger partial charge is 0.320 e. The van der Waals surface area contributed by atoms with Crippen molar-refractivity contribution in [3.05, 3.63) is 0 Å². The van der Waals surface area contributed by atoms with E-state index >= 15 is 0 Å². The van der Waals surface area contributed by atoms with Crippen molar-refractivity contribution in [2.75, 3.05) is 0 Å². The van der Waals surface area contributed by atoms with Gasteiger partial charge < -0.3 is 10.8 Å². The fourth-order valence-corrected chi connectivity index (χ4v) is 0.609. The third kappa shape index (κ3) is 5.63. The maximum absolute atomic E-state index is 10.1. The topological polar surface area (TPSA) is 63.3 Å².